The van der Waals surface area contributed by atoms with Gasteiger partial charge in [-0.2, -0.15) is 10.5 Å². The summed E-state index contributed by atoms with van der Waals surface area (Å²) in [6.07, 6.45) is 8.47. The van der Waals surface area contributed by atoms with Crippen LogP contribution in [-0.4, -0.2) is 22.2 Å². The van der Waals surface area contributed by atoms with E-state index in [0.717, 1.165) is 11.1 Å². The summed E-state index contributed by atoms with van der Waals surface area (Å²) in [4.78, 5) is 21.4. The number of carboxylic acids is 2. The Kier molecular flexibility index (Phi) is 6.95. The number of nitrogens with zero attached hydrogens (tertiary/aromatic N) is 2. The maximum atomic E-state index is 10.7. The second-order valence-corrected chi connectivity index (χ2v) is 4.34. The summed E-state index contributed by atoms with van der Waals surface area (Å²) >= 11 is 0. The molecule has 0 saturated heterocycles. The molecule has 24 heavy (non-hydrogen) atoms. The third-order valence-corrected chi connectivity index (χ3v) is 2.78. The molecule has 0 radical (unpaired) electrons. The zero-order valence-corrected chi connectivity index (χ0v) is 12.4. The number of hydrogen-bond donors (Lipinski definition) is 2. The lowest BCUT2D eigenvalue weighted by molar-refractivity contribution is -0.133. The van der Waals surface area contributed by atoms with E-state index in [9.17, 15) is 9.59 Å². The minimum absolute atomic E-state index is 0.387. The van der Waals surface area contributed by atoms with E-state index in [1.165, 1.54) is 24.3 Å². The van der Waals surface area contributed by atoms with Gasteiger partial charge in [-0.25, -0.2) is 9.59 Å². The molecule has 6 heteroatoms. The molecule has 0 aliphatic rings. The molecule has 1 aromatic rings. The van der Waals surface area contributed by atoms with Gasteiger partial charge in [-0.15, -0.1) is 0 Å². The fourth-order valence-electron chi connectivity index (χ4n) is 1.62. The van der Waals surface area contributed by atoms with Crippen LogP contribution >= 0.6 is 0 Å². The van der Waals surface area contributed by atoms with Crippen LogP contribution in [-0.2, 0) is 9.59 Å². The number of allylic oxidation sites excluding steroid dienone is 4. The second kappa shape index (κ2) is 9.19. The Morgan fingerprint density at radius 1 is 0.833 bits per heavy atom. The van der Waals surface area contributed by atoms with Crippen molar-refractivity contribution in [2.75, 3.05) is 0 Å². The van der Waals surface area contributed by atoms with Crippen LogP contribution in [0.2, 0.25) is 0 Å². The Morgan fingerprint density at radius 3 is 1.50 bits per heavy atom. The molecule has 0 atom stereocenters. The standard InChI is InChI=1S/C18H12N2O4/c19-11-15(17(21)22)9-3-7-13-5-1-2-6-14(13)8-4-10-16(12-20)18(23)24/h1-10H,(H,21,22)(H,23,24). The molecule has 1 aromatic carbocycles. The molecule has 0 amide bonds. The summed E-state index contributed by atoms with van der Waals surface area (Å²) in [5.74, 6) is -2.61. The van der Waals surface area contributed by atoms with E-state index in [0.29, 0.717) is 0 Å². The Hall–Kier alpha value is -3.90. The van der Waals surface area contributed by atoms with E-state index in [1.807, 2.05) is 0 Å². The highest BCUT2D eigenvalue weighted by molar-refractivity contribution is 5.92. The van der Waals surface area contributed by atoms with Gasteiger partial charge in [-0.3, -0.25) is 0 Å². The number of carbonyl (C=O) groups is 2. The summed E-state index contributed by atoms with van der Waals surface area (Å²) in [7, 11) is 0. The normalized spacial score (nSPS) is 12.1. The molecule has 0 unspecified atom stereocenters. The highest BCUT2D eigenvalue weighted by Crippen LogP contribution is 2.13. The topological polar surface area (TPSA) is 122 Å². The smallest absolute Gasteiger partial charge is 0.346 e. The van der Waals surface area contributed by atoms with E-state index >= 15 is 0 Å². The van der Waals surface area contributed by atoms with Crippen LogP contribution in [0.5, 0.6) is 0 Å². The van der Waals surface area contributed by atoms with Crippen molar-refractivity contribution in [1.29, 1.82) is 10.5 Å². The molecule has 2 N–H and O–H groups in total. The van der Waals surface area contributed by atoms with Gasteiger partial charge in [0.2, 0.25) is 0 Å². The van der Waals surface area contributed by atoms with Crippen molar-refractivity contribution < 1.29 is 19.8 Å². The fraction of sp³-hybridized carbons (Fsp3) is 0. The monoisotopic (exact) mass is 320 g/mol. The Morgan fingerprint density at radius 2 is 1.21 bits per heavy atom. The maximum absolute atomic E-state index is 10.7. The lowest BCUT2D eigenvalue weighted by Gasteiger charge is -1.99. The van der Waals surface area contributed by atoms with Crippen molar-refractivity contribution in [2.24, 2.45) is 0 Å². The Bertz CT molecular complexity index is 776. The van der Waals surface area contributed by atoms with E-state index < -0.39 is 11.9 Å². The maximum Gasteiger partial charge on any atom is 0.346 e. The Labute approximate surface area is 138 Å². The van der Waals surface area contributed by atoms with Crippen LogP contribution in [0.3, 0.4) is 0 Å². The molecule has 0 bridgehead atoms. The lowest BCUT2D eigenvalue weighted by atomic mass is 10.1. The molecule has 6 nitrogen and oxygen atoms in total. The number of carboxylic acid groups (broad SMARTS) is 2. The van der Waals surface area contributed by atoms with E-state index in [4.69, 9.17) is 20.7 Å². The molecule has 0 saturated carbocycles. The van der Waals surface area contributed by atoms with Gasteiger partial charge in [0, 0.05) is 0 Å². The Balaban J connectivity index is 3.06. The van der Waals surface area contributed by atoms with Crippen molar-refractivity contribution in [3.8, 4) is 12.1 Å². The van der Waals surface area contributed by atoms with Gasteiger partial charge in [0.15, 0.2) is 0 Å². The lowest BCUT2D eigenvalue weighted by Crippen LogP contribution is -1.96. The van der Waals surface area contributed by atoms with Crippen molar-refractivity contribution in [3.63, 3.8) is 0 Å². The molecule has 0 fully saturated rings. The van der Waals surface area contributed by atoms with Crippen LogP contribution in [0.4, 0.5) is 0 Å². The minimum atomic E-state index is -1.31. The van der Waals surface area contributed by atoms with Crippen molar-refractivity contribution in [1.82, 2.24) is 0 Å². The summed E-state index contributed by atoms with van der Waals surface area (Å²) in [5, 5.41) is 34.8. The highest BCUT2D eigenvalue weighted by Gasteiger charge is 2.03. The number of aliphatic carboxylic acids is 2. The minimum Gasteiger partial charge on any atom is -0.477 e. The average molecular weight is 320 g/mol. The van der Waals surface area contributed by atoms with Gasteiger partial charge >= 0.3 is 11.9 Å². The molecule has 0 spiro atoms. The summed E-state index contributed by atoms with van der Waals surface area (Å²) in [6.45, 7) is 0. The molecule has 0 aliphatic carbocycles. The van der Waals surface area contributed by atoms with E-state index in [2.05, 4.69) is 0 Å². The third kappa shape index (κ3) is 5.47. The van der Waals surface area contributed by atoms with Gasteiger partial charge in [0.25, 0.3) is 0 Å². The van der Waals surface area contributed by atoms with Gasteiger partial charge in [-0.1, -0.05) is 48.6 Å². The molecule has 0 aromatic heterocycles. The summed E-state index contributed by atoms with van der Waals surface area (Å²) < 4.78 is 0. The average Bonchev–Trinajstić information content (AvgIpc) is 2.56. The largest absolute Gasteiger partial charge is 0.477 e. The first-order chi connectivity index (χ1) is 11.5. The van der Waals surface area contributed by atoms with Crippen LogP contribution in [0.15, 0.2) is 59.7 Å². The van der Waals surface area contributed by atoms with Crippen LogP contribution < -0.4 is 0 Å². The zero-order chi connectivity index (χ0) is 17.9. The van der Waals surface area contributed by atoms with Gasteiger partial charge < -0.3 is 10.2 Å². The van der Waals surface area contributed by atoms with Crippen LogP contribution in [0.1, 0.15) is 11.1 Å². The molecular weight excluding hydrogens is 308 g/mol. The summed E-state index contributed by atoms with van der Waals surface area (Å²) in [5.41, 5.74) is 0.689. The molecule has 0 aliphatic heterocycles. The van der Waals surface area contributed by atoms with E-state index in [-0.39, 0.29) is 11.1 Å². The van der Waals surface area contributed by atoms with Crippen molar-refractivity contribution in [3.05, 3.63) is 70.8 Å². The first-order valence-electron chi connectivity index (χ1n) is 6.62. The fourth-order valence-corrected chi connectivity index (χ4v) is 1.62. The molecular formula is C18H12N2O4. The summed E-state index contributed by atoms with van der Waals surface area (Å²) in [6, 6.07) is 10.2. The second-order valence-electron chi connectivity index (χ2n) is 4.34. The van der Waals surface area contributed by atoms with Gasteiger partial charge in [-0.05, 0) is 23.3 Å². The van der Waals surface area contributed by atoms with E-state index in [1.54, 1.807) is 48.6 Å². The van der Waals surface area contributed by atoms with Gasteiger partial charge in [0.1, 0.15) is 23.3 Å². The molecule has 0 heterocycles. The van der Waals surface area contributed by atoms with Crippen LogP contribution in [0, 0.1) is 22.7 Å². The number of rotatable bonds is 6. The molecule has 1 rings (SSSR count). The first-order valence-corrected chi connectivity index (χ1v) is 6.62. The third-order valence-electron chi connectivity index (χ3n) is 2.78. The van der Waals surface area contributed by atoms with Crippen molar-refractivity contribution in [2.45, 2.75) is 0 Å². The quantitative estimate of drug-likeness (QED) is 0.472. The predicted octanol–water partition coefficient (Wildman–Crippen LogP) is 2.78. The van der Waals surface area contributed by atoms with Crippen molar-refractivity contribution >= 4 is 24.1 Å². The highest BCUT2D eigenvalue weighted by atomic mass is 16.4. The first kappa shape index (κ1) is 18.1. The number of nitriles is 2. The number of benzene rings is 1. The van der Waals surface area contributed by atoms with Crippen LogP contribution in [0.25, 0.3) is 12.2 Å². The zero-order valence-electron chi connectivity index (χ0n) is 12.4. The SMILES string of the molecule is N#CC(=CC=Cc1ccccc1C=CC=C(C#N)C(=O)O)C(=O)O. The number of hydrogen-bond acceptors (Lipinski definition) is 4. The van der Waals surface area contributed by atoms with Gasteiger partial charge in [0.05, 0.1) is 0 Å². The molecule has 118 valence electrons. The predicted molar refractivity (Wildman–Crippen MR) is 87.2 cm³/mol.